The van der Waals surface area contributed by atoms with Crippen LogP contribution >= 0.6 is 11.6 Å². The van der Waals surface area contributed by atoms with Crippen molar-refractivity contribution in [3.63, 3.8) is 0 Å². The highest BCUT2D eigenvalue weighted by atomic mass is 35.5. The largest absolute Gasteiger partial charge is 0.355 e. The molecule has 4 aromatic rings. The number of halogens is 1. The molecule has 0 heterocycles. The molecule has 12 heteroatoms. The van der Waals surface area contributed by atoms with E-state index in [-0.39, 0.29) is 29.2 Å². The molecule has 228 valence electrons. The van der Waals surface area contributed by atoms with Crippen molar-refractivity contribution in [3.8, 4) is 0 Å². The van der Waals surface area contributed by atoms with Gasteiger partial charge in [-0.1, -0.05) is 84.4 Å². The molecular formula is C32H31ClN4O6S. The lowest BCUT2D eigenvalue weighted by Gasteiger charge is -2.34. The van der Waals surface area contributed by atoms with Gasteiger partial charge in [0.05, 0.1) is 15.5 Å². The van der Waals surface area contributed by atoms with Crippen molar-refractivity contribution in [1.29, 1.82) is 0 Å². The van der Waals surface area contributed by atoms with Crippen LogP contribution in [0, 0.1) is 10.1 Å². The van der Waals surface area contributed by atoms with Crippen molar-refractivity contribution >= 4 is 44.8 Å². The second kappa shape index (κ2) is 14.6. The van der Waals surface area contributed by atoms with Gasteiger partial charge in [-0.15, -0.1) is 0 Å². The van der Waals surface area contributed by atoms with Gasteiger partial charge in [0.1, 0.15) is 12.6 Å². The summed E-state index contributed by atoms with van der Waals surface area (Å²) in [4.78, 5) is 40.0. The lowest BCUT2D eigenvalue weighted by Crippen LogP contribution is -2.53. The Labute approximate surface area is 261 Å². The molecule has 0 aliphatic heterocycles. The molecule has 0 aliphatic carbocycles. The zero-order chi connectivity index (χ0) is 31.7. The number of carbonyl (C=O) groups excluding carboxylic acids is 2. The lowest BCUT2D eigenvalue weighted by atomic mass is 10.0. The molecule has 4 rings (SSSR count). The number of likely N-dealkylation sites (N-methyl/N-ethyl adjacent to an activating group) is 1. The topological polar surface area (TPSA) is 130 Å². The first-order chi connectivity index (χ1) is 21.1. The molecule has 0 aromatic heterocycles. The molecule has 10 nitrogen and oxygen atoms in total. The fraction of sp³-hybridized carbons (Fsp3) is 0.188. The number of rotatable bonds is 13. The maximum atomic E-state index is 14.3. The smallest absolute Gasteiger partial charge is 0.271 e. The van der Waals surface area contributed by atoms with E-state index >= 15 is 0 Å². The van der Waals surface area contributed by atoms with Gasteiger partial charge in [0, 0.05) is 36.7 Å². The molecule has 0 spiro atoms. The van der Waals surface area contributed by atoms with Gasteiger partial charge in [-0.3, -0.25) is 24.0 Å². The van der Waals surface area contributed by atoms with Gasteiger partial charge < -0.3 is 10.2 Å². The van der Waals surface area contributed by atoms with E-state index in [0.29, 0.717) is 17.1 Å². The zero-order valence-electron chi connectivity index (χ0n) is 23.9. The molecule has 0 saturated heterocycles. The van der Waals surface area contributed by atoms with Crippen LogP contribution in [0.5, 0.6) is 0 Å². The van der Waals surface area contributed by atoms with Crippen molar-refractivity contribution in [1.82, 2.24) is 10.2 Å². The van der Waals surface area contributed by atoms with Crippen LogP contribution in [0.4, 0.5) is 11.4 Å². The van der Waals surface area contributed by atoms with E-state index in [2.05, 4.69) is 5.32 Å². The van der Waals surface area contributed by atoms with Gasteiger partial charge in [-0.2, -0.15) is 0 Å². The monoisotopic (exact) mass is 634 g/mol. The van der Waals surface area contributed by atoms with Crippen LogP contribution in [0.1, 0.15) is 18.1 Å². The van der Waals surface area contributed by atoms with Gasteiger partial charge in [0.15, 0.2) is 0 Å². The normalized spacial score (nSPS) is 11.8. The Hall–Kier alpha value is -4.74. The SMILES string of the molecule is CCNC(=O)[C@@H](Cc1ccccc1)N(Cc1ccccc1Cl)C(=O)CN(c1cccc([N+](=O)[O-])c1)S(=O)(=O)c1ccccc1. The summed E-state index contributed by atoms with van der Waals surface area (Å²) in [6.45, 7) is 1.23. The number of non-ortho nitro benzene ring substituents is 1. The molecule has 44 heavy (non-hydrogen) atoms. The van der Waals surface area contributed by atoms with Crippen molar-refractivity contribution < 1.29 is 22.9 Å². The fourth-order valence-electron chi connectivity index (χ4n) is 4.67. The molecule has 4 aromatic carbocycles. The van der Waals surface area contributed by atoms with Gasteiger partial charge in [-0.25, -0.2) is 8.42 Å². The molecule has 0 unspecified atom stereocenters. The number of nitro benzene ring substituents is 1. The van der Waals surface area contributed by atoms with Crippen molar-refractivity contribution in [2.45, 2.75) is 30.8 Å². The summed E-state index contributed by atoms with van der Waals surface area (Å²) in [6.07, 6.45) is 0.144. The van der Waals surface area contributed by atoms with Gasteiger partial charge >= 0.3 is 0 Å². The average Bonchev–Trinajstić information content (AvgIpc) is 3.03. The Morgan fingerprint density at radius 2 is 1.55 bits per heavy atom. The molecule has 0 aliphatic rings. The number of hydrogen-bond donors (Lipinski definition) is 1. The van der Waals surface area contributed by atoms with E-state index in [1.165, 1.54) is 47.4 Å². The number of nitrogens with one attached hydrogen (secondary N) is 1. The third-order valence-corrected chi connectivity index (χ3v) is 9.02. The summed E-state index contributed by atoms with van der Waals surface area (Å²) >= 11 is 6.47. The maximum absolute atomic E-state index is 14.3. The Bertz CT molecular complexity index is 1720. The number of nitro groups is 1. The lowest BCUT2D eigenvalue weighted by molar-refractivity contribution is -0.384. The van der Waals surface area contributed by atoms with Crippen LogP contribution in [0.2, 0.25) is 5.02 Å². The van der Waals surface area contributed by atoms with Crippen molar-refractivity contribution in [2.24, 2.45) is 0 Å². The minimum absolute atomic E-state index is 0.0771. The second-order valence-corrected chi connectivity index (χ2v) is 12.1. The molecule has 1 N–H and O–H groups in total. The summed E-state index contributed by atoms with van der Waals surface area (Å²) in [5, 5.41) is 14.7. The van der Waals surface area contributed by atoms with E-state index in [4.69, 9.17) is 11.6 Å². The highest BCUT2D eigenvalue weighted by molar-refractivity contribution is 7.92. The molecule has 0 saturated carbocycles. The highest BCUT2D eigenvalue weighted by Gasteiger charge is 2.35. The van der Waals surface area contributed by atoms with Crippen LogP contribution < -0.4 is 9.62 Å². The van der Waals surface area contributed by atoms with Crippen LogP contribution in [0.3, 0.4) is 0 Å². The highest BCUT2D eigenvalue weighted by Crippen LogP contribution is 2.28. The fourth-order valence-corrected chi connectivity index (χ4v) is 6.29. The Morgan fingerprint density at radius 3 is 2.18 bits per heavy atom. The van der Waals surface area contributed by atoms with Gasteiger partial charge in [-0.05, 0) is 42.3 Å². The second-order valence-electron chi connectivity index (χ2n) is 9.81. The standard InChI is InChI=1S/C32H31ClN4O6S/c1-2-34-32(39)30(20-24-12-5-3-6-13-24)35(22-25-14-9-10-19-29(25)33)31(38)23-36(26-15-11-16-27(21-26)37(40)41)44(42,43)28-17-7-4-8-18-28/h3-19,21,30H,2,20,22-23H2,1H3,(H,34,39)/t30-/m1/s1. The predicted octanol–water partition coefficient (Wildman–Crippen LogP) is 5.22. The summed E-state index contributed by atoms with van der Waals surface area (Å²) < 4.78 is 28.8. The Morgan fingerprint density at radius 1 is 0.909 bits per heavy atom. The van der Waals surface area contributed by atoms with Crippen molar-refractivity contribution in [3.05, 3.63) is 135 Å². The number of nitrogens with zero attached hydrogens (tertiary/aromatic N) is 3. The van der Waals surface area contributed by atoms with Crippen LogP contribution in [-0.2, 0) is 32.6 Å². The summed E-state index contributed by atoms with van der Waals surface area (Å²) in [7, 11) is -4.38. The number of amides is 2. The number of anilines is 1. The molecular weight excluding hydrogens is 604 g/mol. The third-order valence-electron chi connectivity index (χ3n) is 6.86. The van der Waals surface area contributed by atoms with Gasteiger partial charge in [0.2, 0.25) is 11.8 Å². The van der Waals surface area contributed by atoms with E-state index in [9.17, 15) is 28.1 Å². The van der Waals surface area contributed by atoms with E-state index < -0.39 is 39.3 Å². The molecule has 1 atom stereocenters. The zero-order valence-corrected chi connectivity index (χ0v) is 25.4. The quantitative estimate of drug-likeness (QED) is 0.159. The van der Waals surface area contributed by atoms with E-state index in [1.54, 1.807) is 37.3 Å². The number of sulfonamides is 1. The van der Waals surface area contributed by atoms with Crippen LogP contribution in [-0.4, -0.2) is 49.2 Å². The average molecular weight is 635 g/mol. The summed E-state index contributed by atoms with van der Waals surface area (Å²) in [5.41, 5.74) is 0.915. The molecule has 0 fully saturated rings. The molecule has 0 radical (unpaired) electrons. The number of hydrogen-bond acceptors (Lipinski definition) is 6. The third kappa shape index (κ3) is 7.80. The first kappa shape index (κ1) is 32.2. The summed E-state index contributed by atoms with van der Waals surface area (Å²) in [5.74, 6) is -1.13. The molecule has 0 bridgehead atoms. The van der Waals surface area contributed by atoms with E-state index in [1.807, 2.05) is 30.3 Å². The number of benzene rings is 4. The first-order valence-corrected chi connectivity index (χ1v) is 15.6. The minimum Gasteiger partial charge on any atom is -0.355 e. The van der Waals surface area contributed by atoms with Crippen LogP contribution in [0.25, 0.3) is 0 Å². The minimum atomic E-state index is -4.38. The maximum Gasteiger partial charge on any atom is 0.271 e. The first-order valence-electron chi connectivity index (χ1n) is 13.8. The predicted molar refractivity (Wildman–Crippen MR) is 169 cm³/mol. The van der Waals surface area contributed by atoms with Crippen LogP contribution in [0.15, 0.2) is 114 Å². The Balaban J connectivity index is 1.83. The molecule has 2 amide bonds. The number of carbonyl (C=O) groups is 2. The van der Waals surface area contributed by atoms with Crippen molar-refractivity contribution in [2.75, 3.05) is 17.4 Å². The summed E-state index contributed by atoms with van der Waals surface area (Å²) in [6, 6.07) is 27.5. The Kier molecular flexibility index (Phi) is 10.7. The van der Waals surface area contributed by atoms with Gasteiger partial charge in [0.25, 0.3) is 15.7 Å². The van der Waals surface area contributed by atoms with E-state index in [0.717, 1.165) is 15.9 Å².